The zero-order chi connectivity index (χ0) is 13.9. The Bertz CT molecular complexity index is 403. The van der Waals surface area contributed by atoms with E-state index in [1.54, 1.807) is 12.4 Å². The molecule has 1 aromatic rings. The molecule has 5 nitrogen and oxygen atoms in total. The molecule has 106 valence electrons. The maximum Gasteiger partial charge on any atom is 0.316 e. The minimum Gasteiger partial charge on any atom is -0.467 e. The van der Waals surface area contributed by atoms with Crippen molar-refractivity contribution in [2.45, 2.75) is 24.8 Å². The van der Waals surface area contributed by atoms with E-state index in [0.29, 0.717) is 19.6 Å². The topological polar surface area (TPSA) is 64.3 Å². The van der Waals surface area contributed by atoms with Crippen molar-refractivity contribution in [2.24, 2.45) is 5.73 Å². The Kier molecular flexibility index (Phi) is 4.26. The Labute approximate surface area is 110 Å². The molecule has 1 aromatic heterocycles. The molecule has 2 N–H and O–H groups in total. The minimum atomic E-state index is -2.55. The van der Waals surface area contributed by atoms with Crippen LogP contribution in [0.2, 0.25) is 0 Å². The van der Waals surface area contributed by atoms with Crippen LogP contribution in [0.1, 0.15) is 24.4 Å². The van der Waals surface area contributed by atoms with Gasteiger partial charge in [-0.1, -0.05) is 0 Å². The summed E-state index contributed by atoms with van der Waals surface area (Å²) < 4.78 is 31.2. The van der Waals surface area contributed by atoms with Gasteiger partial charge in [-0.05, 0) is 0 Å². The van der Waals surface area contributed by atoms with Crippen molar-refractivity contribution < 1.29 is 13.5 Å². The van der Waals surface area contributed by atoms with Gasteiger partial charge in [0.1, 0.15) is 0 Å². The molecule has 0 aliphatic carbocycles. The Morgan fingerprint density at radius 3 is 2.42 bits per heavy atom. The van der Waals surface area contributed by atoms with E-state index in [1.165, 1.54) is 7.11 Å². The molecule has 0 amide bonds. The second-order valence-electron chi connectivity index (χ2n) is 4.65. The van der Waals surface area contributed by atoms with Gasteiger partial charge in [0.05, 0.1) is 13.2 Å². The van der Waals surface area contributed by atoms with Gasteiger partial charge in [-0.2, -0.15) is 0 Å². The Hall–Kier alpha value is -1.34. The van der Waals surface area contributed by atoms with E-state index in [-0.39, 0.29) is 24.9 Å². The van der Waals surface area contributed by atoms with Gasteiger partial charge in [0.2, 0.25) is 0 Å². The molecular weight excluding hydrogens is 254 g/mol. The van der Waals surface area contributed by atoms with Gasteiger partial charge in [-0.15, -0.1) is 0 Å². The fourth-order valence-electron chi connectivity index (χ4n) is 2.26. The molecule has 1 atom stereocenters. The molecule has 0 spiro atoms. The van der Waals surface area contributed by atoms with Gasteiger partial charge >= 0.3 is 6.01 Å². The number of ether oxygens (including phenoxy) is 1. The lowest BCUT2D eigenvalue weighted by Crippen LogP contribution is -2.43. The fraction of sp³-hybridized carbons (Fsp3) is 0.667. The van der Waals surface area contributed by atoms with Crippen LogP contribution in [0.15, 0.2) is 12.4 Å². The first-order chi connectivity index (χ1) is 9.05. The van der Waals surface area contributed by atoms with E-state index in [9.17, 15) is 8.78 Å². The zero-order valence-electron chi connectivity index (χ0n) is 10.9. The van der Waals surface area contributed by atoms with E-state index in [0.717, 1.165) is 5.56 Å². The van der Waals surface area contributed by atoms with E-state index in [4.69, 9.17) is 10.5 Å². The number of methoxy groups -OCH3 is 1. The third-order valence-corrected chi connectivity index (χ3v) is 3.41. The van der Waals surface area contributed by atoms with Crippen LogP contribution in [0.4, 0.5) is 8.78 Å². The number of hydrogen-bond acceptors (Lipinski definition) is 5. The molecule has 2 rings (SSSR count). The number of likely N-dealkylation sites (tertiary alicyclic amines) is 1. The summed E-state index contributed by atoms with van der Waals surface area (Å²) in [5.74, 6) is -2.55. The van der Waals surface area contributed by atoms with Crippen LogP contribution in [0, 0.1) is 0 Å². The summed E-state index contributed by atoms with van der Waals surface area (Å²) >= 11 is 0. The number of piperidine rings is 1. The summed E-state index contributed by atoms with van der Waals surface area (Å²) in [5.41, 5.74) is 6.59. The molecule has 7 heteroatoms. The first-order valence-corrected chi connectivity index (χ1v) is 6.23. The molecule has 1 aliphatic rings. The van der Waals surface area contributed by atoms with E-state index < -0.39 is 5.92 Å². The highest BCUT2D eigenvalue weighted by Crippen LogP contribution is 2.31. The van der Waals surface area contributed by atoms with Crippen LogP contribution in [-0.2, 0) is 0 Å². The number of halogens is 2. The van der Waals surface area contributed by atoms with E-state index in [1.807, 2.05) is 4.90 Å². The summed E-state index contributed by atoms with van der Waals surface area (Å²) in [4.78, 5) is 10.0. The Morgan fingerprint density at radius 1 is 1.37 bits per heavy atom. The molecule has 0 bridgehead atoms. The summed E-state index contributed by atoms with van der Waals surface area (Å²) in [7, 11) is 1.49. The van der Waals surface area contributed by atoms with Crippen molar-refractivity contribution in [3.8, 4) is 6.01 Å². The zero-order valence-corrected chi connectivity index (χ0v) is 10.9. The van der Waals surface area contributed by atoms with Gasteiger partial charge in [-0.3, -0.25) is 4.90 Å². The van der Waals surface area contributed by atoms with Crippen molar-refractivity contribution in [1.29, 1.82) is 0 Å². The molecule has 19 heavy (non-hydrogen) atoms. The third kappa shape index (κ3) is 3.36. The smallest absolute Gasteiger partial charge is 0.316 e. The number of nitrogens with zero attached hydrogens (tertiary/aromatic N) is 3. The number of aromatic nitrogens is 2. The minimum absolute atomic E-state index is 0.123. The lowest BCUT2D eigenvalue weighted by atomic mass is 10.0. The lowest BCUT2D eigenvalue weighted by Gasteiger charge is -2.36. The molecule has 1 fully saturated rings. The normalized spacial score (nSPS) is 21.1. The van der Waals surface area contributed by atoms with Crippen molar-refractivity contribution in [2.75, 3.05) is 26.7 Å². The number of rotatable bonds is 4. The highest BCUT2D eigenvalue weighted by molar-refractivity contribution is 5.13. The SMILES string of the molecule is COc1ncc(C(CN)N2CCC(F)(F)CC2)cn1. The maximum absolute atomic E-state index is 13.1. The number of alkyl halides is 2. The maximum atomic E-state index is 13.1. The predicted molar refractivity (Wildman–Crippen MR) is 66.1 cm³/mol. The van der Waals surface area contributed by atoms with Crippen LogP contribution in [0.5, 0.6) is 6.01 Å². The third-order valence-electron chi connectivity index (χ3n) is 3.41. The fourth-order valence-corrected chi connectivity index (χ4v) is 2.26. The molecule has 0 radical (unpaired) electrons. The van der Waals surface area contributed by atoms with Crippen molar-refractivity contribution in [3.05, 3.63) is 18.0 Å². The first kappa shape index (κ1) is 14.1. The molecular formula is C12H18F2N4O. The highest BCUT2D eigenvalue weighted by atomic mass is 19.3. The molecule has 0 aromatic carbocycles. The van der Waals surface area contributed by atoms with Crippen LogP contribution >= 0.6 is 0 Å². The van der Waals surface area contributed by atoms with Crippen molar-refractivity contribution in [1.82, 2.24) is 14.9 Å². The van der Waals surface area contributed by atoms with Crippen LogP contribution in [0.3, 0.4) is 0 Å². The van der Waals surface area contributed by atoms with Gasteiger partial charge < -0.3 is 10.5 Å². The molecule has 1 saturated heterocycles. The summed E-state index contributed by atoms with van der Waals surface area (Å²) in [6, 6.07) is 0.159. The standard InChI is InChI=1S/C12H18F2N4O/c1-19-11-16-7-9(8-17-11)10(6-15)18-4-2-12(13,14)3-5-18/h7-8,10H,2-6,15H2,1H3. The van der Waals surface area contributed by atoms with Gasteiger partial charge in [-0.25, -0.2) is 18.7 Å². The van der Waals surface area contributed by atoms with Gasteiger partial charge in [0.25, 0.3) is 5.92 Å². The molecule has 1 aliphatic heterocycles. The van der Waals surface area contributed by atoms with Crippen molar-refractivity contribution in [3.63, 3.8) is 0 Å². The second kappa shape index (κ2) is 5.75. The van der Waals surface area contributed by atoms with Crippen LogP contribution < -0.4 is 10.5 Å². The quantitative estimate of drug-likeness (QED) is 0.892. The Morgan fingerprint density at radius 2 is 1.95 bits per heavy atom. The lowest BCUT2D eigenvalue weighted by molar-refractivity contribution is -0.0627. The molecule has 2 heterocycles. The predicted octanol–water partition coefficient (Wildman–Crippen LogP) is 1.22. The average molecular weight is 272 g/mol. The van der Waals surface area contributed by atoms with Gasteiger partial charge in [0, 0.05) is 50.4 Å². The van der Waals surface area contributed by atoms with Crippen LogP contribution in [0.25, 0.3) is 0 Å². The number of nitrogens with two attached hydrogens (primary N) is 1. The average Bonchev–Trinajstić information content (AvgIpc) is 2.42. The monoisotopic (exact) mass is 272 g/mol. The Balaban J connectivity index is 2.07. The van der Waals surface area contributed by atoms with Gasteiger partial charge in [0.15, 0.2) is 0 Å². The summed E-state index contributed by atoms with van der Waals surface area (Å²) in [6.07, 6.45) is 3.02. The largest absolute Gasteiger partial charge is 0.467 e. The van der Waals surface area contributed by atoms with E-state index >= 15 is 0 Å². The summed E-state index contributed by atoms with van der Waals surface area (Å²) in [6.45, 7) is 1.02. The second-order valence-corrected chi connectivity index (χ2v) is 4.65. The van der Waals surface area contributed by atoms with Crippen LogP contribution in [-0.4, -0.2) is 47.5 Å². The van der Waals surface area contributed by atoms with Crippen molar-refractivity contribution >= 4 is 0 Å². The summed E-state index contributed by atoms with van der Waals surface area (Å²) in [5, 5.41) is 0. The molecule has 0 saturated carbocycles. The molecule has 1 unspecified atom stereocenters. The van der Waals surface area contributed by atoms with E-state index in [2.05, 4.69) is 9.97 Å². The highest BCUT2D eigenvalue weighted by Gasteiger charge is 2.36. The number of hydrogen-bond donors (Lipinski definition) is 1. The first-order valence-electron chi connectivity index (χ1n) is 6.23.